The first-order valence-corrected chi connectivity index (χ1v) is 10.1. The second-order valence-electron chi connectivity index (χ2n) is 7.79. The van der Waals surface area contributed by atoms with Crippen molar-refractivity contribution in [2.45, 2.75) is 19.4 Å². The Labute approximate surface area is 165 Å². The van der Waals surface area contributed by atoms with E-state index in [1.807, 2.05) is 36.4 Å². The summed E-state index contributed by atoms with van der Waals surface area (Å²) >= 11 is 0. The molecule has 1 aliphatic rings. The minimum atomic E-state index is 0.665. The van der Waals surface area contributed by atoms with Gasteiger partial charge in [0.2, 0.25) is 0 Å². The Bertz CT molecular complexity index is 935. The van der Waals surface area contributed by atoms with Gasteiger partial charge in [0.05, 0.1) is 0 Å². The molecular formula is C23H27N3O2. The quantitative estimate of drug-likeness (QED) is 0.467. The molecule has 0 spiro atoms. The third kappa shape index (κ3) is 3.73. The van der Waals surface area contributed by atoms with E-state index in [2.05, 4.69) is 21.4 Å². The predicted molar refractivity (Wildman–Crippen MR) is 113 cm³/mol. The van der Waals surface area contributed by atoms with Crippen LogP contribution in [0.5, 0.6) is 0 Å². The number of rotatable bonds is 7. The molecule has 0 unspecified atom stereocenters. The lowest BCUT2D eigenvalue weighted by Gasteiger charge is -2.32. The average molecular weight is 377 g/mol. The summed E-state index contributed by atoms with van der Waals surface area (Å²) in [7, 11) is 2.19. The molecule has 5 heteroatoms. The Hall–Kier alpha value is -2.50. The molecule has 1 saturated heterocycles. The van der Waals surface area contributed by atoms with Crippen LogP contribution in [0.3, 0.4) is 0 Å². The standard InChI is InChI=1S/C23H27N3O2/c1-24-10-12-25(13-11-24)8-2-3-9-26-22-6-4-18(16-27)14-20(22)21-15-19(17-28)5-7-23(21)26/h4-7,14-17H,2-3,8-13H2,1H3. The number of aryl methyl sites for hydroxylation is 1. The summed E-state index contributed by atoms with van der Waals surface area (Å²) in [5, 5.41) is 2.09. The van der Waals surface area contributed by atoms with Crippen molar-refractivity contribution in [2.24, 2.45) is 0 Å². The molecule has 2 heterocycles. The van der Waals surface area contributed by atoms with Gasteiger partial charge in [0, 0.05) is 65.7 Å². The fourth-order valence-electron chi connectivity index (χ4n) is 4.20. The summed E-state index contributed by atoms with van der Waals surface area (Å²) in [6.45, 7) is 6.73. The van der Waals surface area contributed by atoms with Crippen molar-refractivity contribution in [1.29, 1.82) is 0 Å². The zero-order valence-electron chi connectivity index (χ0n) is 16.4. The highest BCUT2D eigenvalue weighted by Crippen LogP contribution is 2.30. The molecule has 5 nitrogen and oxygen atoms in total. The molecule has 146 valence electrons. The summed E-state index contributed by atoms with van der Waals surface area (Å²) < 4.78 is 2.33. The van der Waals surface area contributed by atoms with Gasteiger partial charge in [0.1, 0.15) is 12.6 Å². The number of piperazine rings is 1. The number of benzene rings is 2. The van der Waals surface area contributed by atoms with Crippen LogP contribution < -0.4 is 0 Å². The molecule has 0 saturated carbocycles. The maximum absolute atomic E-state index is 11.2. The normalized spacial score (nSPS) is 16.0. The van der Waals surface area contributed by atoms with Gasteiger partial charge in [-0.3, -0.25) is 9.59 Å². The number of nitrogens with zero attached hydrogens (tertiary/aromatic N) is 3. The molecule has 1 aliphatic heterocycles. The van der Waals surface area contributed by atoms with Crippen molar-refractivity contribution in [3.63, 3.8) is 0 Å². The van der Waals surface area contributed by atoms with Crippen molar-refractivity contribution in [1.82, 2.24) is 14.4 Å². The maximum Gasteiger partial charge on any atom is 0.150 e. The van der Waals surface area contributed by atoms with Gasteiger partial charge >= 0.3 is 0 Å². The van der Waals surface area contributed by atoms with Gasteiger partial charge in [-0.15, -0.1) is 0 Å². The van der Waals surface area contributed by atoms with E-state index in [1.54, 1.807) is 0 Å². The maximum atomic E-state index is 11.2. The van der Waals surface area contributed by atoms with Crippen LogP contribution in [0, 0.1) is 0 Å². The summed E-state index contributed by atoms with van der Waals surface area (Å²) in [5.74, 6) is 0. The molecule has 28 heavy (non-hydrogen) atoms. The molecule has 1 fully saturated rings. The van der Waals surface area contributed by atoms with Crippen molar-refractivity contribution in [3.8, 4) is 0 Å². The minimum absolute atomic E-state index is 0.665. The summed E-state index contributed by atoms with van der Waals surface area (Å²) in [6.07, 6.45) is 4.03. The number of carbonyl (C=O) groups excluding carboxylic acids is 2. The molecule has 0 amide bonds. The number of aromatic nitrogens is 1. The summed E-state index contributed by atoms with van der Waals surface area (Å²) in [4.78, 5) is 27.4. The van der Waals surface area contributed by atoms with Crippen LogP contribution in [0.1, 0.15) is 33.6 Å². The van der Waals surface area contributed by atoms with Gasteiger partial charge in [0.15, 0.2) is 0 Å². The number of aldehydes is 2. The predicted octanol–water partition coefficient (Wildman–Crippen LogP) is 3.45. The third-order valence-corrected chi connectivity index (χ3v) is 5.89. The second kappa shape index (κ2) is 8.25. The van der Waals surface area contributed by atoms with E-state index in [0.717, 1.165) is 80.1 Å². The van der Waals surface area contributed by atoms with Crippen LogP contribution in [0.15, 0.2) is 36.4 Å². The molecule has 4 rings (SSSR count). The zero-order valence-corrected chi connectivity index (χ0v) is 16.4. The van der Waals surface area contributed by atoms with Crippen LogP contribution in [0.25, 0.3) is 21.8 Å². The number of unbranched alkanes of at least 4 members (excludes halogenated alkanes) is 1. The van der Waals surface area contributed by atoms with Gasteiger partial charge in [-0.05, 0) is 62.8 Å². The number of carbonyl (C=O) groups is 2. The van der Waals surface area contributed by atoms with E-state index in [-0.39, 0.29) is 0 Å². The van der Waals surface area contributed by atoms with Gasteiger partial charge in [0.25, 0.3) is 0 Å². The molecule has 2 aromatic carbocycles. The van der Waals surface area contributed by atoms with E-state index in [9.17, 15) is 9.59 Å². The third-order valence-electron chi connectivity index (χ3n) is 5.89. The van der Waals surface area contributed by atoms with Gasteiger partial charge in [-0.2, -0.15) is 0 Å². The van der Waals surface area contributed by atoms with E-state index in [0.29, 0.717) is 11.1 Å². The van der Waals surface area contributed by atoms with Crippen LogP contribution in [-0.4, -0.2) is 66.7 Å². The highest BCUT2D eigenvalue weighted by Gasteiger charge is 2.14. The Morgan fingerprint density at radius 1 is 0.786 bits per heavy atom. The fraction of sp³-hybridized carbons (Fsp3) is 0.391. The largest absolute Gasteiger partial charge is 0.340 e. The number of hydrogen-bond acceptors (Lipinski definition) is 4. The fourth-order valence-corrected chi connectivity index (χ4v) is 4.20. The van der Waals surface area contributed by atoms with Crippen LogP contribution >= 0.6 is 0 Å². The first kappa shape index (κ1) is 18.8. The van der Waals surface area contributed by atoms with Crippen LogP contribution in [-0.2, 0) is 6.54 Å². The monoisotopic (exact) mass is 377 g/mol. The van der Waals surface area contributed by atoms with Gasteiger partial charge in [-0.25, -0.2) is 0 Å². The van der Waals surface area contributed by atoms with Crippen molar-refractivity contribution < 1.29 is 9.59 Å². The van der Waals surface area contributed by atoms with Crippen LogP contribution in [0.4, 0.5) is 0 Å². The lowest BCUT2D eigenvalue weighted by atomic mass is 10.1. The first-order chi connectivity index (χ1) is 13.7. The smallest absolute Gasteiger partial charge is 0.150 e. The van der Waals surface area contributed by atoms with E-state index >= 15 is 0 Å². The lowest BCUT2D eigenvalue weighted by Crippen LogP contribution is -2.44. The molecule has 3 aromatic rings. The summed E-state index contributed by atoms with van der Waals surface area (Å²) in [5.41, 5.74) is 3.59. The van der Waals surface area contributed by atoms with E-state index < -0.39 is 0 Å². The van der Waals surface area contributed by atoms with Gasteiger partial charge < -0.3 is 14.4 Å². The Balaban J connectivity index is 1.55. The van der Waals surface area contributed by atoms with E-state index in [4.69, 9.17) is 0 Å². The molecule has 0 aliphatic carbocycles. The Morgan fingerprint density at radius 3 is 1.86 bits per heavy atom. The van der Waals surface area contributed by atoms with Crippen molar-refractivity contribution >= 4 is 34.4 Å². The number of hydrogen-bond donors (Lipinski definition) is 0. The van der Waals surface area contributed by atoms with Gasteiger partial charge in [-0.1, -0.05) is 0 Å². The Morgan fingerprint density at radius 2 is 1.32 bits per heavy atom. The summed E-state index contributed by atoms with van der Waals surface area (Å²) in [6, 6.07) is 11.7. The minimum Gasteiger partial charge on any atom is -0.340 e. The molecule has 0 atom stereocenters. The molecule has 0 bridgehead atoms. The first-order valence-electron chi connectivity index (χ1n) is 10.1. The second-order valence-corrected chi connectivity index (χ2v) is 7.79. The topological polar surface area (TPSA) is 45.5 Å². The number of fused-ring (bicyclic) bond motifs is 3. The molecular weight excluding hydrogens is 350 g/mol. The molecule has 0 N–H and O–H groups in total. The van der Waals surface area contributed by atoms with E-state index in [1.165, 1.54) is 6.42 Å². The number of likely N-dealkylation sites (N-methyl/N-ethyl adjacent to an activating group) is 1. The van der Waals surface area contributed by atoms with Crippen molar-refractivity contribution in [3.05, 3.63) is 47.5 Å². The average Bonchev–Trinajstić information content (AvgIpc) is 3.04. The zero-order chi connectivity index (χ0) is 19.5. The Kier molecular flexibility index (Phi) is 5.55. The molecule has 1 aromatic heterocycles. The van der Waals surface area contributed by atoms with Crippen molar-refractivity contribution in [2.75, 3.05) is 39.8 Å². The van der Waals surface area contributed by atoms with Crippen LogP contribution in [0.2, 0.25) is 0 Å². The molecule has 0 radical (unpaired) electrons. The SMILES string of the molecule is CN1CCN(CCCCn2c3ccc(C=O)cc3c3cc(C=O)ccc32)CC1. The highest BCUT2D eigenvalue weighted by atomic mass is 16.1. The highest BCUT2D eigenvalue weighted by molar-refractivity contribution is 6.10. The lowest BCUT2D eigenvalue weighted by molar-refractivity contribution is 0.111.